The van der Waals surface area contributed by atoms with Crippen molar-refractivity contribution in [1.29, 1.82) is 0 Å². The minimum atomic E-state index is -0.613. The molecule has 6 heteroatoms. The molecule has 14 heavy (non-hydrogen) atoms. The highest BCUT2D eigenvalue weighted by Gasteiger charge is 2.20. The molecule has 0 radical (unpaired) electrons. The fraction of sp³-hybridized carbons (Fsp3) is 0.500. The Morgan fingerprint density at radius 3 is 3.00 bits per heavy atom. The maximum Gasteiger partial charge on any atom is 0.358 e. The second-order valence-corrected chi connectivity index (χ2v) is 2.89. The first-order valence-electron chi connectivity index (χ1n) is 4.08. The summed E-state index contributed by atoms with van der Waals surface area (Å²) in [4.78, 5) is 11.2. The second kappa shape index (κ2) is 4.21. The van der Waals surface area contributed by atoms with Gasteiger partial charge in [0.1, 0.15) is 0 Å². The highest BCUT2D eigenvalue weighted by Crippen LogP contribution is 2.14. The zero-order valence-electron chi connectivity index (χ0n) is 8.10. The fourth-order valence-corrected chi connectivity index (χ4v) is 1.13. The molecular formula is C8H13N3O3. The number of nitrogens with two attached hydrogens (primary N) is 1. The van der Waals surface area contributed by atoms with Crippen LogP contribution in [-0.4, -0.2) is 34.6 Å². The van der Waals surface area contributed by atoms with Crippen LogP contribution < -0.4 is 5.73 Å². The summed E-state index contributed by atoms with van der Waals surface area (Å²) in [5.41, 5.74) is 6.23. The maximum atomic E-state index is 11.2. The predicted molar refractivity (Wildman–Crippen MR) is 48.6 cm³/mol. The lowest BCUT2D eigenvalue weighted by molar-refractivity contribution is 0.0591. The van der Waals surface area contributed by atoms with Crippen LogP contribution in [0.25, 0.3) is 0 Å². The third kappa shape index (κ3) is 1.91. The first kappa shape index (κ1) is 10.7. The van der Waals surface area contributed by atoms with E-state index in [0.717, 1.165) is 0 Å². The summed E-state index contributed by atoms with van der Waals surface area (Å²) in [6, 6.07) is -0.613. The van der Waals surface area contributed by atoms with Gasteiger partial charge in [0.2, 0.25) is 0 Å². The van der Waals surface area contributed by atoms with Gasteiger partial charge in [-0.25, -0.2) is 4.79 Å². The van der Waals surface area contributed by atoms with E-state index in [1.54, 1.807) is 13.2 Å². The number of carbonyl (C=O) groups is 1. The lowest BCUT2D eigenvalue weighted by Gasteiger charge is -2.06. The largest absolute Gasteiger partial charge is 0.464 e. The van der Waals surface area contributed by atoms with Crippen LogP contribution in [0, 0.1) is 0 Å². The van der Waals surface area contributed by atoms with Crippen molar-refractivity contribution in [3.8, 4) is 0 Å². The van der Waals surface area contributed by atoms with Crippen molar-refractivity contribution in [3.63, 3.8) is 0 Å². The zero-order chi connectivity index (χ0) is 10.7. The van der Waals surface area contributed by atoms with Gasteiger partial charge in [-0.1, -0.05) is 0 Å². The molecule has 0 bridgehead atoms. The third-order valence-corrected chi connectivity index (χ3v) is 1.83. The van der Waals surface area contributed by atoms with Crippen molar-refractivity contribution in [3.05, 3.63) is 17.5 Å². The molecule has 0 aliphatic rings. The lowest BCUT2D eigenvalue weighted by Crippen LogP contribution is -2.17. The molecule has 1 heterocycles. The Labute approximate surface area is 81.3 Å². The van der Waals surface area contributed by atoms with Gasteiger partial charge in [0.15, 0.2) is 5.69 Å². The van der Waals surface area contributed by atoms with Crippen LogP contribution in [0.1, 0.15) is 22.1 Å². The van der Waals surface area contributed by atoms with Crippen LogP contribution in [-0.2, 0) is 11.8 Å². The summed E-state index contributed by atoms with van der Waals surface area (Å²) in [7, 11) is 2.94. The summed E-state index contributed by atoms with van der Waals surface area (Å²) in [5, 5.41) is 12.8. The number of rotatable bonds is 3. The van der Waals surface area contributed by atoms with E-state index in [9.17, 15) is 4.79 Å². The van der Waals surface area contributed by atoms with Crippen molar-refractivity contribution in [1.82, 2.24) is 9.78 Å². The summed E-state index contributed by atoms with van der Waals surface area (Å²) in [5.74, 6) is -0.551. The minimum absolute atomic E-state index is 0.150. The monoisotopic (exact) mass is 199 g/mol. The van der Waals surface area contributed by atoms with E-state index < -0.39 is 12.0 Å². The molecule has 0 saturated heterocycles. The summed E-state index contributed by atoms with van der Waals surface area (Å²) < 4.78 is 5.99. The number of aromatic nitrogens is 2. The number of hydrogen-bond donors (Lipinski definition) is 2. The summed E-state index contributed by atoms with van der Waals surface area (Å²) in [6.45, 7) is -0.240. The standard InChI is InChI=1S/C8H13N3O3/c1-11-3-5(6(9)4-12)7(10-11)8(13)14-2/h3,6,12H,4,9H2,1-2H3. The van der Waals surface area contributed by atoms with Crippen molar-refractivity contribution < 1.29 is 14.6 Å². The smallest absolute Gasteiger partial charge is 0.358 e. The Morgan fingerprint density at radius 2 is 2.50 bits per heavy atom. The molecule has 1 aromatic heterocycles. The zero-order valence-corrected chi connectivity index (χ0v) is 8.10. The number of aliphatic hydroxyl groups is 1. The van der Waals surface area contributed by atoms with E-state index in [4.69, 9.17) is 10.8 Å². The van der Waals surface area contributed by atoms with E-state index in [0.29, 0.717) is 5.56 Å². The number of esters is 1. The molecule has 0 fully saturated rings. The number of hydrogen-bond acceptors (Lipinski definition) is 5. The first-order chi connectivity index (χ1) is 6.60. The molecule has 6 nitrogen and oxygen atoms in total. The average molecular weight is 199 g/mol. The molecule has 78 valence electrons. The number of carbonyl (C=O) groups excluding carboxylic acids is 1. The van der Waals surface area contributed by atoms with Crippen LogP contribution in [0.5, 0.6) is 0 Å². The Hall–Kier alpha value is -1.40. The highest BCUT2D eigenvalue weighted by molar-refractivity contribution is 5.88. The molecule has 1 rings (SSSR count). The molecule has 0 aliphatic carbocycles. The van der Waals surface area contributed by atoms with E-state index in [1.807, 2.05) is 0 Å². The van der Waals surface area contributed by atoms with Gasteiger partial charge in [-0.05, 0) is 0 Å². The minimum Gasteiger partial charge on any atom is -0.464 e. The second-order valence-electron chi connectivity index (χ2n) is 2.89. The van der Waals surface area contributed by atoms with Crippen LogP contribution in [0.15, 0.2) is 6.20 Å². The van der Waals surface area contributed by atoms with Crippen LogP contribution in [0.4, 0.5) is 0 Å². The van der Waals surface area contributed by atoms with Gasteiger partial charge in [0.05, 0.1) is 19.8 Å². The summed E-state index contributed by atoms with van der Waals surface area (Å²) >= 11 is 0. The van der Waals surface area contributed by atoms with Gasteiger partial charge in [-0.2, -0.15) is 5.10 Å². The predicted octanol–water partition coefficient (Wildman–Crippen LogP) is -0.801. The number of aliphatic hydroxyl groups excluding tert-OH is 1. The molecule has 0 spiro atoms. The fourth-order valence-electron chi connectivity index (χ4n) is 1.13. The van der Waals surface area contributed by atoms with Crippen molar-refractivity contribution in [2.45, 2.75) is 6.04 Å². The van der Waals surface area contributed by atoms with Gasteiger partial charge in [0, 0.05) is 18.8 Å². The molecule has 0 aliphatic heterocycles. The molecule has 1 atom stereocenters. The van der Waals surface area contributed by atoms with E-state index in [-0.39, 0.29) is 12.3 Å². The number of ether oxygens (including phenoxy) is 1. The molecule has 0 aromatic carbocycles. The Morgan fingerprint density at radius 1 is 1.86 bits per heavy atom. The summed E-state index contributed by atoms with van der Waals surface area (Å²) in [6.07, 6.45) is 1.59. The molecule has 0 saturated carbocycles. The highest BCUT2D eigenvalue weighted by atomic mass is 16.5. The van der Waals surface area contributed by atoms with Crippen LogP contribution in [0.3, 0.4) is 0 Å². The van der Waals surface area contributed by atoms with Crippen LogP contribution >= 0.6 is 0 Å². The van der Waals surface area contributed by atoms with Crippen molar-refractivity contribution in [2.75, 3.05) is 13.7 Å². The quantitative estimate of drug-likeness (QED) is 0.622. The Kier molecular flexibility index (Phi) is 3.21. The van der Waals surface area contributed by atoms with Gasteiger partial charge < -0.3 is 15.6 Å². The van der Waals surface area contributed by atoms with Crippen LogP contribution in [0.2, 0.25) is 0 Å². The number of methoxy groups -OCH3 is 1. The first-order valence-corrected chi connectivity index (χ1v) is 4.08. The Bertz CT molecular complexity index is 335. The average Bonchev–Trinajstić information content (AvgIpc) is 2.58. The SMILES string of the molecule is COC(=O)c1nn(C)cc1C(N)CO. The molecule has 1 unspecified atom stereocenters. The van der Waals surface area contributed by atoms with Gasteiger partial charge in [-0.15, -0.1) is 0 Å². The topological polar surface area (TPSA) is 90.4 Å². The van der Waals surface area contributed by atoms with Gasteiger partial charge in [-0.3, -0.25) is 4.68 Å². The van der Waals surface area contributed by atoms with Crippen molar-refractivity contribution in [2.24, 2.45) is 12.8 Å². The molecular weight excluding hydrogens is 186 g/mol. The van der Waals surface area contributed by atoms with E-state index in [1.165, 1.54) is 11.8 Å². The number of nitrogens with zero attached hydrogens (tertiary/aromatic N) is 2. The maximum absolute atomic E-state index is 11.2. The van der Waals surface area contributed by atoms with E-state index in [2.05, 4.69) is 9.84 Å². The Balaban J connectivity index is 3.08. The molecule has 1 aromatic rings. The molecule has 3 N–H and O–H groups in total. The normalized spacial score (nSPS) is 12.6. The van der Waals surface area contributed by atoms with Crippen molar-refractivity contribution >= 4 is 5.97 Å². The third-order valence-electron chi connectivity index (χ3n) is 1.83. The van der Waals surface area contributed by atoms with Gasteiger partial charge in [0.25, 0.3) is 0 Å². The molecule has 0 amide bonds. The van der Waals surface area contributed by atoms with E-state index >= 15 is 0 Å². The number of aryl methyl sites for hydroxylation is 1. The lowest BCUT2D eigenvalue weighted by atomic mass is 10.1. The van der Waals surface area contributed by atoms with Gasteiger partial charge >= 0.3 is 5.97 Å².